The predicted octanol–water partition coefficient (Wildman–Crippen LogP) is 1.14. The Hall–Kier alpha value is -0.643. The second-order valence-electron chi connectivity index (χ2n) is 3.80. The Morgan fingerprint density at radius 1 is 1.13 bits per heavy atom. The van der Waals surface area contributed by atoms with Gasteiger partial charge < -0.3 is 4.98 Å². The van der Waals surface area contributed by atoms with Gasteiger partial charge in [-0.15, -0.1) is 0 Å². The monoisotopic (exact) mass is 222 g/mol. The van der Waals surface area contributed by atoms with E-state index in [1.807, 2.05) is 0 Å². The molecule has 0 bridgehead atoms. The summed E-state index contributed by atoms with van der Waals surface area (Å²) >= 11 is 0. The number of hydrogen-bond acceptors (Lipinski definition) is 2. The fraction of sp³-hybridized carbons (Fsp3) is 0.500. The maximum atomic E-state index is 3.67. The Morgan fingerprint density at radius 2 is 1.73 bits per heavy atom. The Labute approximate surface area is 95.0 Å². The zero-order valence-electron chi connectivity index (χ0n) is 10.0. The average Bonchev–Trinajstić information content (AvgIpc) is 2.31. The van der Waals surface area contributed by atoms with E-state index in [9.17, 15) is 0 Å². The second kappa shape index (κ2) is 6.77. The van der Waals surface area contributed by atoms with E-state index in [-0.39, 0.29) is 0 Å². The van der Waals surface area contributed by atoms with E-state index in [1.54, 1.807) is 0 Å². The van der Waals surface area contributed by atoms with Crippen molar-refractivity contribution in [2.75, 3.05) is 19.8 Å². The van der Waals surface area contributed by atoms with Gasteiger partial charge in [-0.05, 0) is 18.3 Å². The van der Waals surface area contributed by atoms with Crippen molar-refractivity contribution in [3.8, 4) is 0 Å². The minimum atomic E-state index is -0.936. The maximum absolute atomic E-state index is 3.67. The van der Waals surface area contributed by atoms with E-state index in [0.717, 1.165) is 19.8 Å². The van der Waals surface area contributed by atoms with Crippen molar-refractivity contribution in [3.05, 3.63) is 30.3 Å². The quantitative estimate of drug-likeness (QED) is 0.573. The minimum Gasteiger partial charge on any atom is -0.324 e. The van der Waals surface area contributed by atoms with Gasteiger partial charge in [0.2, 0.25) is 0 Å². The van der Waals surface area contributed by atoms with Crippen molar-refractivity contribution in [2.24, 2.45) is 0 Å². The van der Waals surface area contributed by atoms with Crippen LogP contribution in [-0.2, 0) is 0 Å². The Balaban J connectivity index is 2.39. The normalized spacial score (nSPS) is 13.1. The Kier molecular flexibility index (Phi) is 5.61. The molecule has 0 aliphatic rings. The lowest BCUT2D eigenvalue weighted by molar-refractivity contribution is 0.300. The molecule has 15 heavy (non-hydrogen) atoms. The predicted molar refractivity (Wildman–Crippen MR) is 70.0 cm³/mol. The highest BCUT2D eigenvalue weighted by Gasteiger charge is 2.07. The third-order valence-corrected chi connectivity index (χ3v) is 4.99. The van der Waals surface area contributed by atoms with Gasteiger partial charge in [-0.2, -0.15) is 0 Å². The minimum absolute atomic E-state index is 0.936. The lowest BCUT2D eigenvalue weighted by Crippen LogP contribution is -2.47. The van der Waals surface area contributed by atoms with Gasteiger partial charge in [0, 0.05) is 6.67 Å². The molecule has 1 aromatic rings. The molecule has 1 rings (SSSR count). The van der Waals surface area contributed by atoms with Crippen LogP contribution in [0, 0.1) is 0 Å². The molecule has 1 unspecified atom stereocenters. The summed E-state index contributed by atoms with van der Waals surface area (Å²) in [6, 6.07) is 10.8. The molecule has 0 saturated heterocycles. The summed E-state index contributed by atoms with van der Waals surface area (Å²) in [5, 5.41) is 1.49. The summed E-state index contributed by atoms with van der Waals surface area (Å²) in [4.78, 5) is 6.07. The number of rotatable bonds is 6. The first-order valence-electron chi connectivity index (χ1n) is 5.78. The van der Waals surface area contributed by atoms with Crippen LogP contribution in [-0.4, -0.2) is 33.6 Å². The van der Waals surface area contributed by atoms with Crippen molar-refractivity contribution >= 4 is 14.1 Å². The van der Waals surface area contributed by atoms with Crippen molar-refractivity contribution in [3.63, 3.8) is 0 Å². The smallest absolute Gasteiger partial charge is 0.139 e. The van der Waals surface area contributed by atoms with Crippen LogP contribution in [0.2, 0.25) is 6.55 Å². The summed E-state index contributed by atoms with van der Waals surface area (Å²) < 4.78 is 0. The van der Waals surface area contributed by atoms with Crippen LogP contribution < -0.4 is 10.2 Å². The molecule has 0 spiro atoms. The summed E-state index contributed by atoms with van der Waals surface area (Å²) in [5.41, 5.74) is 0. The molecule has 0 aliphatic carbocycles. The molecule has 0 aliphatic heterocycles. The van der Waals surface area contributed by atoms with Gasteiger partial charge in [-0.3, -0.25) is 4.90 Å². The highest BCUT2D eigenvalue weighted by Crippen LogP contribution is 1.88. The molecule has 0 radical (unpaired) electrons. The van der Waals surface area contributed by atoms with Gasteiger partial charge in [0.25, 0.3) is 0 Å². The largest absolute Gasteiger partial charge is 0.324 e. The van der Waals surface area contributed by atoms with E-state index < -0.39 is 8.96 Å². The van der Waals surface area contributed by atoms with Gasteiger partial charge in [-0.1, -0.05) is 50.7 Å². The van der Waals surface area contributed by atoms with Gasteiger partial charge in [0.1, 0.15) is 8.96 Å². The van der Waals surface area contributed by atoms with Crippen LogP contribution in [0.5, 0.6) is 0 Å². The van der Waals surface area contributed by atoms with Crippen LogP contribution in [0.25, 0.3) is 0 Å². The topological polar surface area (TPSA) is 15.3 Å². The van der Waals surface area contributed by atoms with Gasteiger partial charge in [0.05, 0.1) is 0 Å². The Bertz CT molecular complexity index is 260. The van der Waals surface area contributed by atoms with E-state index in [0.29, 0.717) is 0 Å². The van der Waals surface area contributed by atoms with Gasteiger partial charge in [0.15, 0.2) is 0 Å². The number of benzene rings is 1. The maximum Gasteiger partial charge on any atom is 0.139 e. The lowest BCUT2D eigenvalue weighted by atomic mass is 10.4. The van der Waals surface area contributed by atoms with Crippen molar-refractivity contribution in [1.29, 1.82) is 0 Å². The molecule has 0 heterocycles. The highest BCUT2D eigenvalue weighted by molar-refractivity contribution is 6.69. The Morgan fingerprint density at radius 3 is 2.27 bits per heavy atom. The molecule has 0 aromatic heterocycles. The zero-order valence-corrected chi connectivity index (χ0v) is 11.2. The van der Waals surface area contributed by atoms with Crippen LogP contribution in [0.1, 0.15) is 13.8 Å². The van der Waals surface area contributed by atoms with Crippen LogP contribution in [0.3, 0.4) is 0 Å². The standard InChI is InChI=1S/C12H22N2Si/c1-4-14(5-2)11-13-15(3)12-9-7-6-8-10-12/h6-10,13,15H,4-5,11H2,1-3H3. The van der Waals surface area contributed by atoms with E-state index in [2.05, 4.69) is 60.6 Å². The third-order valence-electron chi connectivity index (χ3n) is 2.82. The van der Waals surface area contributed by atoms with Gasteiger partial charge >= 0.3 is 0 Å². The van der Waals surface area contributed by atoms with E-state index >= 15 is 0 Å². The molecule has 0 fully saturated rings. The zero-order chi connectivity index (χ0) is 11.1. The van der Waals surface area contributed by atoms with Crippen LogP contribution in [0.15, 0.2) is 30.3 Å². The van der Waals surface area contributed by atoms with E-state index in [4.69, 9.17) is 0 Å². The first-order chi connectivity index (χ1) is 7.27. The van der Waals surface area contributed by atoms with E-state index in [1.165, 1.54) is 5.19 Å². The van der Waals surface area contributed by atoms with Crippen molar-refractivity contribution in [2.45, 2.75) is 20.4 Å². The molecule has 1 atom stereocenters. The fourth-order valence-electron chi connectivity index (χ4n) is 1.57. The average molecular weight is 222 g/mol. The molecule has 0 amide bonds. The molecule has 0 saturated carbocycles. The highest BCUT2D eigenvalue weighted by atomic mass is 28.3. The second-order valence-corrected chi connectivity index (χ2v) is 6.32. The molecule has 84 valence electrons. The fourth-order valence-corrected chi connectivity index (χ4v) is 3.14. The molecule has 3 heteroatoms. The summed E-state index contributed by atoms with van der Waals surface area (Å²) in [7, 11) is -0.936. The molecule has 1 N–H and O–H groups in total. The van der Waals surface area contributed by atoms with Crippen molar-refractivity contribution in [1.82, 2.24) is 9.88 Å². The van der Waals surface area contributed by atoms with Gasteiger partial charge in [-0.25, -0.2) is 0 Å². The number of hydrogen-bond donors (Lipinski definition) is 1. The molecule has 2 nitrogen and oxygen atoms in total. The van der Waals surface area contributed by atoms with Crippen LogP contribution >= 0.6 is 0 Å². The number of nitrogens with zero attached hydrogens (tertiary/aromatic N) is 1. The molecular weight excluding hydrogens is 200 g/mol. The number of nitrogens with one attached hydrogen (secondary N) is 1. The summed E-state index contributed by atoms with van der Waals surface area (Å²) in [6.07, 6.45) is 0. The lowest BCUT2D eigenvalue weighted by Gasteiger charge is -2.21. The molecular formula is C12H22N2Si. The van der Waals surface area contributed by atoms with Crippen molar-refractivity contribution < 1.29 is 0 Å². The summed E-state index contributed by atoms with van der Waals surface area (Å²) in [6.45, 7) is 10.0. The SMILES string of the molecule is CCN(CC)CN[SiH](C)c1ccccc1. The molecule has 1 aromatic carbocycles. The first-order valence-corrected chi connectivity index (χ1v) is 8.09. The third kappa shape index (κ3) is 4.16. The first kappa shape index (κ1) is 12.4. The van der Waals surface area contributed by atoms with Crippen LogP contribution in [0.4, 0.5) is 0 Å². The summed E-state index contributed by atoms with van der Waals surface area (Å²) in [5.74, 6) is 0.